The van der Waals surface area contributed by atoms with Gasteiger partial charge in [-0.3, -0.25) is 0 Å². The Kier molecular flexibility index (Phi) is 4.14. The van der Waals surface area contributed by atoms with Crippen LogP contribution < -0.4 is 9.80 Å². The van der Waals surface area contributed by atoms with Crippen molar-refractivity contribution < 1.29 is 4.39 Å². The number of rotatable bonds is 3. The second kappa shape index (κ2) is 6.79. The molecule has 1 aliphatic carbocycles. The highest BCUT2D eigenvalue weighted by Gasteiger charge is 2.24. The molecule has 1 saturated heterocycles. The fourth-order valence-corrected chi connectivity index (χ4v) is 4.35. The minimum Gasteiger partial charge on any atom is -0.368 e. The van der Waals surface area contributed by atoms with E-state index >= 15 is 0 Å². The van der Waals surface area contributed by atoms with Crippen LogP contribution in [0, 0.1) is 5.82 Å². The number of imidazole rings is 1. The molecular weight excluding hydrogens is 343 g/mol. The molecule has 3 heterocycles. The maximum Gasteiger partial charge on any atom is 0.165 e. The number of benzene rings is 1. The highest BCUT2D eigenvalue weighted by molar-refractivity contribution is 5.83. The van der Waals surface area contributed by atoms with Gasteiger partial charge in [0.25, 0.3) is 0 Å². The topological polar surface area (TPSA) is 50.1 Å². The summed E-state index contributed by atoms with van der Waals surface area (Å²) in [6, 6.07) is 7.25. The van der Waals surface area contributed by atoms with Crippen LogP contribution >= 0.6 is 0 Å². The Morgan fingerprint density at radius 1 is 0.852 bits per heavy atom. The summed E-state index contributed by atoms with van der Waals surface area (Å²) < 4.78 is 15.4. The number of nitrogens with zero attached hydrogens (tertiary/aromatic N) is 6. The standard InChI is InChI=1S/C20H23FN6/c21-15-5-7-16(8-6-15)25-9-11-26(12-10-25)19-18-20(23-13-22-19)27(14-24-18)17-3-1-2-4-17/h5-8,13-14,17H,1-4,9-12H2. The molecule has 1 aromatic carbocycles. The fraction of sp³-hybridized carbons (Fsp3) is 0.450. The van der Waals surface area contributed by atoms with E-state index in [2.05, 4.69) is 29.3 Å². The third-order valence-corrected chi connectivity index (χ3v) is 5.83. The van der Waals surface area contributed by atoms with Crippen LogP contribution in [0.4, 0.5) is 15.9 Å². The van der Waals surface area contributed by atoms with E-state index in [0.717, 1.165) is 48.8 Å². The van der Waals surface area contributed by atoms with Crippen molar-refractivity contribution in [2.75, 3.05) is 36.0 Å². The van der Waals surface area contributed by atoms with Crippen molar-refractivity contribution in [1.82, 2.24) is 19.5 Å². The second-order valence-electron chi connectivity index (χ2n) is 7.41. The number of hydrogen-bond acceptors (Lipinski definition) is 5. The minimum atomic E-state index is -0.196. The maximum absolute atomic E-state index is 13.1. The zero-order valence-electron chi connectivity index (χ0n) is 15.3. The van der Waals surface area contributed by atoms with Crippen LogP contribution in [-0.4, -0.2) is 45.7 Å². The van der Waals surface area contributed by atoms with Gasteiger partial charge in [-0.2, -0.15) is 0 Å². The molecule has 3 aromatic rings. The molecule has 0 unspecified atom stereocenters. The van der Waals surface area contributed by atoms with E-state index in [0.29, 0.717) is 6.04 Å². The van der Waals surface area contributed by atoms with E-state index in [-0.39, 0.29) is 5.82 Å². The van der Waals surface area contributed by atoms with Gasteiger partial charge in [0.2, 0.25) is 0 Å². The third-order valence-electron chi connectivity index (χ3n) is 5.83. The molecule has 1 aliphatic heterocycles. The minimum absolute atomic E-state index is 0.196. The highest BCUT2D eigenvalue weighted by Crippen LogP contribution is 2.33. The SMILES string of the molecule is Fc1ccc(N2CCN(c3ncnc4c3ncn4C3CCCC3)CC2)cc1. The third kappa shape index (κ3) is 3.01. The molecule has 140 valence electrons. The number of anilines is 2. The molecule has 0 spiro atoms. The van der Waals surface area contributed by atoms with Gasteiger partial charge >= 0.3 is 0 Å². The van der Waals surface area contributed by atoms with Crippen LogP contribution in [0.1, 0.15) is 31.7 Å². The Labute approximate surface area is 157 Å². The second-order valence-corrected chi connectivity index (χ2v) is 7.41. The van der Waals surface area contributed by atoms with Crippen molar-refractivity contribution >= 4 is 22.7 Å². The molecule has 0 bridgehead atoms. The van der Waals surface area contributed by atoms with E-state index in [1.54, 1.807) is 6.33 Å². The van der Waals surface area contributed by atoms with Gasteiger partial charge in [-0.25, -0.2) is 19.3 Å². The van der Waals surface area contributed by atoms with Crippen LogP contribution in [0.25, 0.3) is 11.2 Å². The van der Waals surface area contributed by atoms with Crippen molar-refractivity contribution in [3.63, 3.8) is 0 Å². The van der Waals surface area contributed by atoms with Crippen LogP contribution in [0.15, 0.2) is 36.9 Å². The predicted molar refractivity (Wildman–Crippen MR) is 104 cm³/mol. The van der Waals surface area contributed by atoms with Gasteiger partial charge in [0, 0.05) is 37.9 Å². The summed E-state index contributed by atoms with van der Waals surface area (Å²) in [6.45, 7) is 3.47. The van der Waals surface area contributed by atoms with Crippen LogP contribution in [-0.2, 0) is 0 Å². The maximum atomic E-state index is 13.1. The zero-order valence-corrected chi connectivity index (χ0v) is 15.3. The van der Waals surface area contributed by atoms with Crippen LogP contribution in [0.2, 0.25) is 0 Å². The largest absolute Gasteiger partial charge is 0.368 e. The molecule has 0 amide bonds. The first-order valence-corrected chi connectivity index (χ1v) is 9.72. The van der Waals surface area contributed by atoms with Crippen LogP contribution in [0.5, 0.6) is 0 Å². The summed E-state index contributed by atoms with van der Waals surface area (Å²) in [6.07, 6.45) is 8.59. The molecule has 0 atom stereocenters. The average Bonchev–Trinajstić information content (AvgIpc) is 3.38. The number of aromatic nitrogens is 4. The summed E-state index contributed by atoms with van der Waals surface area (Å²) in [7, 11) is 0. The van der Waals surface area contributed by atoms with Crippen LogP contribution in [0.3, 0.4) is 0 Å². The number of piperazine rings is 1. The molecule has 2 aliphatic rings. The Morgan fingerprint density at radius 3 is 2.30 bits per heavy atom. The summed E-state index contributed by atoms with van der Waals surface area (Å²) in [5.74, 6) is 0.731. The summed E-state index contributed by atoms with van der Waals surface area (Å²) >= 11 is 0. The van der Waals surface area contributed by atoms with Gasteiger partial charge in [0.15, 0.2) is 17.0 Å². The average molecular weight is 366 g/mol. The number of hydrogen-bond donors (Lipinski definition) is 0. The zero-order chi connectivity index (χ0) is 18.2. The lowest BCUT2D eigenvalue weighted by Crippen LogP contribution is -2.47. The fourth-order valence-electron chi connectivity index (χ4n) is 4.35. The summed E-state index contributed by atoms with van der Waals surface area (Å²) in [5, 5.41) is 0. The molecule has 27 heavy (non-hydrogen) atoms. The molecule has 6 nitrogen and oxygen atoms in total. The quantitative estimate of drug-likeness (QED) is 0.711. The Morgan fingerprint density at radius 2 is 1.56 bits per heavy atom. The number of fused-ring (bicyclic) bond motifs is 1. The van der Waals surface area contributed by atoms with E-state index in [1.807, 2.05) is 18.5 Å². The highest BCUT2D eigenvalue weighted by atomic mass is 19.1. The van der Waals surface area contributed by atoms with Crippen molar-refractivity contribution in [2.45, 2.75) is 31.7 Å². The van der Waals surface area contributed by atoms with Gasteiger partial charge in [0.05, 0.1) is 6.33 Å². The van der Waals surface area contributed by atoms with E-state index in [9.17, 15) is 4.39 Å². The molecule has 0 radical (unpaired) electrons. The van der Waals surface area contributed by atoms with Gasteiger partial charge in [-0.05, 0) is 37.1 Å². The first-order valence-electron chi connectivity index (χ1n) is 9.72. The molecule has 5 rings (SSSR count). The number of halogens is 1. The van der Waals surface area contributed by atoms with Crippen molar-refractivity contribution in [3.05, 3.63) is 42.7 Å². The Bertz CT molecular complexity index is 923. The molecule has 2 aromatic heterocycles. The summed E-state index contributed by atoms with van der Waals surface area (Å²) in [4.78, 5) is 18.3. The Balaban J connectivity index is 1.36. The Hall–Kier alpha value is -2.70. The smallest absolute Gasteiger partial charge is 0.165 e. The molecule has 0 N–H and O–H groups in total. The predicted octanol–water partition coefficient (Wildman–Crippen LogP) is 3.41. The lowest BCUT2D eigenvalue weighted by molar-refractivity contribution is 0.529. The molecule has 2 fully saturated rings. The van der Waals surface area contributed by atoms with Gasteiger partial charge in [-0.15, -0.1) is 0 Å². The van der Waals surface area contributed by atoms with E-state index < -0.39 is 0 Å². The molecular formula is C20H23FN6. The normalized spacial score (nSPS) is 18.6. The van der Waals surface area contributed by atoms with Gasteiger partial charge < -0.3 is 14.4 Å². The lowest BCUT2D eigenvalue weighted by atomic mass is 10.2. The summed E-state index contributed by atoms with van der Waals surface area (Å²) in [5.41, 5.74) is 2.92. The van der Waals surface area contributed by atoms with E-state index in [1.165, 1.54) is 37.8 Å². The van der Waals surface area contributed by atoms with Crippen molar-refractivity contribution in [2.24, 2.45) is 0 Å². The van der Waals surface area contributed by atoms with Gasteiger partial charge in [0.1, 0.15) is 12.1 Å². The monoisotopic (exact) mass is 366 g/mol. The van der Waals surface area contributed by atoms with Gasteiger partial charge in [-0.1, -0.05) is 12.8 Å². The lowest BCUT2D eigenvalue weighted by Gasteiger charge is -2.36. The first-order chi connectivity index (χ1) is 13.3. The molecule has 1 saturated carbocycles. The van der Waals surface area contributed by atoms with Crippen molar-refractivity contribution in [3.8, 4) is 0 Å². The first kappa shape index (κ1) is 16.5. The van der Waals surface area contributed by atoms with Crippen molar-refractivity contribution in [1.29, 1.82) is 0 Å². The van der Waals surface area contributed by atoms with E-state index in [4.69, 9.17) is 0 Å². The molecule has 7 heteroatoms.